The van der Waals surface area contributed by atoms with Gasteiger partial charge in [-0.15, -0.1) is 0 Å². The molecule has 0 radical (unpaired) electrons. The van der Waals surface area contributed by atoms with Crippen molar-refractivity contribution in [1.82, 2.24) is 10.3 Å². The number of aromatic nitrogens is 1. The van der Waals surface area contributed by atoms with E-state index in [0.29, 0.717) is 0 Å². The van der Waals surface area contributed by atoms with Crippen molar-refractivity contribution in [3.8, 4) is 0 Å². The van der Waals surface area contributed by atoms with Crippen LogP contribution in [0, 0.1) is 5.41 Å². The van der Waals surface area contributed by atoms with Crippen molar-refractivity contribution in [2.45, 2.75) is 27.3 Å². The molecule has 0 saturated heterocycles. The number of hydrogen-bond donors (Lipinski definition) is 1. The van der Waals surface area contributed by atoms with Gasteiger partial charge >= 0.3 is 0 Å². The molecule has 0 atom stereocenters. The zero-order valence-corrected chi connectivity index (χ0v) is 9.17. The van der Waals surface area contributed by atoms with Crippen molar-refractivity contribution in [2.24, 2.45) is 5.41 Å². The van der Waals surface area contributed by atoms with Crippen LogP contribution in [0.3, 0.4) is 0 Å². The Bertz CT molecular complexity index is 296. The fraction of sp³-hybridized carbons (Fsp3) is 0.417. The van der Waals surface area contributed by atoms with Crippen molar-refractivity contribution >= 4 is 0 Å². The van der Waals surface area contributed by atoms with E-state index in [1.54, 1.807) is 6.20 Å². The van der Waals surface area contributed by atoms with E-state index in [-0.39, 0.29) is 5.41 Å². The summed E-state index contributed by atoms with van der Waals surface area (Å²) in [6.07, 6.45) is 1.80. The molecule has 0 aliphatic rings. The molecule has 76 valence electrons. The van der Waals surface area contributed by atoms with Gasteiger partial charge in [0.2, 0.25) is 0 Å². The molecule has 0 bridgehead atoms. The van der Waals surface area contributed by atoms with E-state index in [2.05, 4.69) is 37.7 Å². The topological polar surface area (TPSA) is 24.9 Å². The molecular weight excluding hydrogens is 172 g/mol. The van der Waals surface area contributed by atoms with Crippen LogP contribution in [0.4, 0.5) is 0 Å². The number of nitrogens with one attached hydrogen (secondary N) is 1. The number of rotatable bonds is 3. The number of hydrogen-bond acceptors (Lipinski definition) is 2. The lowest BCUT2D eigenvalue weighted by atomic mass is 9.93. The smallest absolute Gasteiger partial charge is 0.0594 e. The minimum atomic E-state index is 0.106. The van der Waals surface area contributed by atoms with Gasteiger partial charge < -0.3 is 5.32 Å². The summed E-state index contributed by atoms with van der Waals surface area (Å²) in [5.41, 5.74) is 2.19. The molecule has 0 aliphatic heterocycles. The average Bonchev–Trinajstić information content (AvgIpc) is 2.14. The zero-order chi connectivity index (χ0) is 10.6. The normalized spacial score (nSPS) is 11.1. The van der Waals surface area contributed by atoms with Crippen molar-refractivity contribution in [3.05, 3.63) is 42.4 Å². The summed E-state index contributed by atoms with van der Waals surface area (Å²) >= 11 is 0. The first-order valence-corrected chi connectivity index (χ1v) is 4.83. The van der Waals surface area contributed by atoms with Crippen LogP contribution in [0.2, 0.25) is 0 Å². The van der Waals surface area contributed by atoms with E-state index in [9.17, 15) is 0 Å². The molecule has 1 N–H and O–H groups in total. The van der Waals surface area contributed by atoms with Gasteiger partial charge in [-0.05, 0) is 12.1 Å². The third-order valence-corrected chi connectivity index (χ3v) is 2.11. The average molecular weight is 190 g/mol. The van der Waals surface area contributed by atoms with Gasteiger partial charge in [0.05, 0.1) is 12.2 Å². The first-order chi connectivity index (χ1) is 6.50. The van der Waals surface area contributed by atoms with Crippen molar-refractivity contribution in [2.75, 3.05) is 0 Å². The Labute approximate surface area is 86.1 Å². The second kappa shape index (κ2) is 4.27. The molecule has 2 heteroatoms. The maximum Gasteiger partial charge on any atom is 0.0594 e. The summed E-state index contributed by atoms with van der Waals surface area (Å²) in [6, 6.07) is 5.91. The van der Waals surface area contributed by atoms with Crippen LogP contribution in [0.1, 0.15) is 26.5 Å². The van der Waals surface area contributed by atoms with Gasteiger partial charge in [0.25, 0.3) is 0 Å². The number of nitrogens with zero attached hydrogens (tertiary/aromatic N) is 1. The Morgan fingerprint density at radius 2 is 2.14 bits per heavy atom. The Balaban J connectivity index is 2.46. The van der Waals surface area contributed by atoms with Crippen LogP contribution < -0.4 is 5.32 Å². The van der Waals surface area contributed by atoms with Gasteiger partial charge in [0, 0.05) is 17.3 Å². The maximum absolute atomic E-state index is 4.23. The third-order valence-electron chi connectivity index (χ3n) is 2.11. The second-order valence-electron chi connectivity index (χ2n) is 4.40. The summed E-state index contributed by atoms with van der Waals surface area (Å²) in [7, 11) is 0. The first-order valence-electron chi connectivity index (χ1n) is 4.83. The number of pyridine rings is 1. The molecule has 0 spiro atoms. The molecular formula is C12H18N2. The zero-order valence-electron chi connectivity index (χ0n) is 9.17. The summed E-state index contributed by atoms with van der Waals surface area (Å²) in [5.74, 6) is 0. The number of allylic oxidation sites excluding steroid dienone is 1. The fourth-order valence-electron chi connectivity index (χ4n) is 0.965. The molecule has 1 aromatic rings. The third kappa shape index (κ3) is 3.21. The van der Waals surface area contributed by atoms with Gasteiger partial charge in [-0.1, -0.05) is 33.4 Å². The summed E-state index contributed by atoms with van der Waals surface area (Å²) in [6.45, 7) is 11.2. The lowest BCUT2D eigenvalue weighted by molar-refractivity contribution is 0.460. The standard InChI is InChI=1S/C12H18N2/c1-10(12(2,3)4)14-9-11-7-5-6-8-13-11/h5-8,14H,1,9H2,2-4H3. The van der Waals surface area contributed by atoms with E-state index in [1.807, 2.05) is 18.2 Å². The van der Waals surface area contributed by atoms with E-state index in [0.717, 1.165) is 17.9 Å². The lowest BCUT2D eigenvalue weighted by Gasteiger charge is -2.22. The highest BCUT2D eigenvalue weighted by Gasteiger charge is 2.13. The molecule has 0 unspecified atom stereocenters. The van der Waals surface area contributed by atoms with E-state index < -0.39 is 0 Å². The quantitative estimate of drug-likeness (QED) is 0.792. The molecule has 0 fully saturated rings. The largest absolute Gasteiger partial charge is 0.383 e. The Kier molecular flexibility index (Phi) is 3.28. The van der Waals surface area contributed by atoms with Crippen molar-refractivity contribution in [1.29, 1.82) is 0 Å². The highest BCUT2D eigenvalue weighted by atomic mass is 14.9. The molecule has 2 nitrogen and oxygen atoms in total. The van der Waals surface area contributed by atoms with E-state index in [4.69, 9.17) is 0 Å². The summed E-state index contributed by atoms with van der Waals surface area (Å²) < 4.78 is 0. The SMILES string of the molecule is C=C(NCc1ccccn1)C(C)(C)C. The Morgan fingerprint density at radius 3 is 2.64 bits per heavy atom. The van der Waals surface area contributed by atoms with Gasteiger partial charge in [0.1, 0.15) is 0 Å². The molecule has 1 aromatic heterocycles. The minimum Gasteiger partial charge on any atom is -0.383 e. The predicted octanol–water partition coefficient (Wildman–Crippen LogP) is 2.73. The molecule has 14 heavy (non-hydrogen) atoms. The minimum absolute atomic E-state index is 0.106. The van der Waals surface area contributed by atoms with Gasteiger partial charge in [-0.3, -0.25) is 4.98 Å². The highest BCUT2D eigenvalue weighted by molar-refractivity contribution is 5.07. The van der Waals surface area contributed by atoms with Crippen LogP contribution >= 0.6 is 0 Å². The van der Waals surface area contributed by atoms with Crippen molar-refractivity contribution < 1.29 is 0 Å². The molecule has 1 rings (SSSR count). The first kappa shape index (κ1) is 10.8. The van der Waals surface area contributed by atoms with Gasteiger partial charge in [-0.25, -0.2) is 0 Å². The van der Waals surface area contributed by atoms with E-state index >= 15 is 0 Å². The fourth-order valence-corrected chi connectivity index (χ4v) is 0.965. The van der Waals surface area contributed by atoms with Crippen LogP contribution in [-0.2, 0) is 6.54 Å². The maximum atomic E-state index is 4.23. The van der Waals surface area contributed by atoms with Crippen molar-refractivity contribution in [3.63, 3.8) is 0 Å². The van der Waals surface area contributed by atoms with Gasteiger partial charge in [0.15, 0.2) is 0 Å². The van der Waals surface area contributed by atoms with Gasteiger partial charge in [-0.2, -0.15) is 0 Å². The highest BCUT2D eigenvalue weighted by Crippen LogP contribution is 2.20. The summed E-state index contributed by atoms with van der Waals surface area (Å²) in [5, 5.41) is 3.28. The van der Waals surface area contributed by atoms with Crippen LogP contribution in [0.5, 0.6) is 0 Å². The Hall–Kier alpha value is -1.31. The van der Waals surface area contributed by atoms with Crippen LogP contribution in [-0.4, -0.2) is 4.98 Å². The molecule has 0 aromatic carbocycles. The molecule has 1 heterocycles. The molecule has 0 aliphatic carbocycles. The Morgan fingerprint density at radius 1 is 1.43 bits per heavy atom. The predicted molar refractivity (Wildman–Crippen MR) is 59.7 cm³/mol. The van der Waals surface area contributed by atoms with E-state index in [1.165, 1.54) is 0 Å². The van der Waals surface area contributed by atoms with Crippen LogP contribution in [0.25, 0.3) is 0 Å². The summed E-state index contributed by atoms with van der Waals surface area (Å²) in [4.78, 5) is 4.23. The van der Waals surface area contributed by atoms with Crippen LogP contribution in [0.15, 0.2) is 36.7 Å². The monoisotopic (exact) mass is 190 g/mol. The molecule has 0 amide bonds. The molecule has 0 saturated carbocycles. The lowest BCUT2D eigenvalue weighted by Crippen LogP contribution is -2.23. The second-order valence-corrected chi connectivity index (χ2v) is 4.40.